The van der Waals surface area contributed by atoms with E-state index >= 15 is 0 Å². The second-order valence-electron chi connectivity index (χ2n) is 10.5. The van der Waals surface area contributed by atoms with Gasteiger partial charge in [0.25, 0.3) is 0 Å². The smallest absolute Gasteiger partial charge is 0.160 e. The number of anilines is 2. The second-order valence-corrected chi connectivity index (χ2v) is 10.5. The fraction of sp³-hybridized carbons (Fsp3) is 0.188. The Morgan fingerprint density at radius 2 is 1.53 bits per heavy atom. The lowest BCUT2D eigenvalue weighted by molar-refractivity contribution is 0.474. The van der Waals surface area contributed by atoms with E-state index in [9.17, 15) is 13.2 Å². The third-order valence-electron chi connectivity index (χ3n) is 7.33. The number of aryl methyl sites for hydroxylation is 1. The molecule has 0 aromatic heterocycles. The van der Waals surface area contributed by atoms with Crippen LogP contribution in [0.25, 0.3) is 28.3 Å². The predicted molar refractivity (Wildman–Crippen MR) is 141 cm³/mol. The van der Waals surface area contributed by atoms with Crippen molar-refractivity contribution in [2.75, 3.05) is 5.32 Å². The van der Waals surface area contributed by atoms with Crippen molar-refractivity contribution in [2.45, 2.75) is 33.1 Å². The maximum atomic E-state index is 13.9. The summed E-state index contributed by atoms with van der Waals surface area (Å²) in [7, 11) is 0. The van der Waals surface area contributed by atoms with Crippen LogP contribution in [0.1, 0.15) is 36.1 Å². The maximum absolute atomic E-state index is 13.9. The fourth-order valence-electron chi connectivity index (χ4n) is 5.52. The van der Waals surface area contributed by atoms with Crippen molar-refractivity contribution in [3.63, 3.8) is 0 Å². The third-order valence-corrected chi connectivity index (χ3v) is 7.33. The zero-order valence-corrected chi connectivity index (χ0v) is 20.3. The number of nitrogens with one attached hydrogen (secondary N) is 1. The Kier molecular flexibility index (Phi) is 5.29. The summed E-state index contributed by atoms with van der Waals surface area (Å²) in [6, 6.07) is 18.9. The van der Waals surface area contributed by atoms with Gasteiger partial charge < -0.3 is 5.32 Å². The monoisotopic (exact) mass is 481 g/mol. The van der Waals surface area contributed by atoms with Gasteiger partial charge in [0.15, 0.2) is 11.6 Å². The largest absolute Gasteiger partial charge is 0.355 e. The van der Waals surface area contributed by atoms with Crippen LogP contribution in [0.5, 0.6) is 0 Å². The minimum Gasteiger partial charge on any atom is -0.355 e. The Balaban J connectivity index is 1.50. The van der Waals surface area contributed by atoms with Crippen LogP contribution in [-0.2, 0) is 19.3 Å². The zero-order chi connectivity index (χ0) is 25.0. The van der Waals surface area contributed by atoms with E-state index in [2.05, 4.69) is 55.6 Å². The number of hydrogen-bond donors (Lipinski definition) is 1. The molecule has 1 nitrogen and oxygen atoms in total. The van der Waals surface area contributed by atoms with Gasteiger partial charge in [0, 0.05) is 23.0 Å². The van der Waals surface area contributed by atoms with Crippen molar-refractivity contribution in [3.05, 3.63) is 113 Å². The molecule has 36 heavy (non-hydrogen) atoms. The van der Waals surface area contributed by atoms with Gasteiger partial charge in [-0.05, 0) is 100 Å². The molecule has 1 N–H and O–H groups in total. The summed E-state index contributed by atoms with van der Waals surface area (Å²) in [6.45, 7) is 4.52. The van der Waals surface area contributed by atoms with Crippen LogP contribution >= 0.6 is 0 Å². The zero-order valence-electron chi connectivity index (χ0n) is 20.3. The average molecular weight is 482 g/mol. The molecule has 4 aromatic rings. The molecule has 0 atom stereocenters. The van der Waals surface area contributed by atoms with Gasteiger partial charge >= 0.3 is 0 Å². The highest BCUT2D eigenvalue weighted by molar-refractivity contribution is 5.89. The highest BCUT2D eigenvalue weighted by Crippen LogP contribution is 2.44. The number of benzene rings is 4. The minimum absolute atomic E-state index is 0.157. The standard InChI is InChI=1S/C32H26F3N/c1-32(2)14-13-24-21(18-32)6-11-26-25(24)10-5-20-15-31(36-23-9-12-29(34)30(35)16-23)28(17-27(20)26)19-3-7-22(33)8-4-19/h3-4,6-9,11-17,36H,5,10,18H2,1-2H3. The lowest BCUT2D eigenvalue weighted by Gasteiger charge is -2.31. The van der Waals surface area contributed by atoms with E-state index in [1.165, 1.54) is 46.0 Å². The molecular weight excluding hydrogens is 455 g/mol. The Hall–Kier alpha value is -3.79. The van der Waals surface area contributed by atoms with Gasteiger partial charge in [-0.2, -0.15) is 0 Å². The molecule has 2 aliphatic rings. The summed E-state index contributed by atoms with van der Waals surface area (Å²) in [5, 5.41) is 3.28. The van der Waals surface area contributed by atoms with E-state index in [1.54, 1.807) is 12.1 Å². The van der Waals surface area contributed by atoms with E-state index in [1.807, 2.05) is 0 Å². The Morgan fingerprint density at radius 1 is 0.722 bits per heavy atom. The first-order valence-corrected chi connectivity index (χ1v) is 12.3. The first-order chi connectivity index (χ1) is 17.3. The Labute approximate surface area is 209 Å². The van der Waals surface area contributed by atoms with E-state index < -0.39 is 11.6 Å². The lowest BCUT2D eigenvalue weighted by Crippen LogP contribution is -2.18. The molecule has 0 heterocycles. The normalized spacial score (nSPS) is 15.1. The fourth-order valence-corrected chi connectivity index (χ4v) is 5.52. The van der Waals surface area contributed by atoms with Crippen LogP contribution in [0.2, 0.25) is 0 Å². The molecule has 0 radical (unpaired) electrons. The SMILES string of the molecule is CC1(C)C=Cc2c(ccc3c2CCc2cc(Nc4ccc(F)c(F)c4)c(-c4ccc(F)cc4)cc2-3)C1. The van der Waals surface area contributed by atoms with Crippen molar-refractivity contribution in [3.8, 4) is 22.3 Å². The third kappa shape index (κ3) is 4.01. The maximum Gasteiger partial charge on any atom is 0.160 e. The van der Waals surface area contributed by atoms with Crippen LogP contribution in [0.15, 0.2) is 72.8 Å². The average Bonchev–Trinajstić information content (AvgIpc) is 2.85. The van der Waals surface area contributed by atoms with Gasteiger partial charge in [0.05, 0.1) is 0 Å². The summed E-state index contributed by atoms with van der Waals surface area (Å²) in [6.07, 6.45) is 7.44. The Bertz CT molecular complexity index is 1530. The molecule has 0 fully saturated rings. The van der Waals surface area contributed by atoms with E-state index in [0.29, 0.717) is 5.69 Å². The number of rotatable bonds is 3. The summed E-state index contributed by atoms with van der Waals surface area (Å²) >= 11 is 0. The van der Waals surface area contributed by atoms with Crippen LogP contribution in [0.4, 0.5) is 24.5 Å². The minimum atomic E-state index is -0.906. The molecule has 0 aliphatic heterocycles. The molecule has 4 heteroatoms. The number of halogens is 3. The molecule has 0 amide bonds. The van der Waals surface area contributed by atoms with E-state index in [0.717, 1.165) is 53.8 Å². The van der Waals surface area contributed by atoms with Gasteiger partial charge in [-0.1, -0.05) is 50.3 Å². The van der Waals surface area contributed by atoms with Crippen molar-refractivity contribution in [2.24, 2.45) is 5.41 Å². The first-order valence-electron chi connectivity index (χ1n) is 12.3. The van der Waals surface area contributed by atoms with Gasteiger partial charge in [-0.3, -0.25) is 0 Å². The number of fused-ring (bicyclic) bond motifs is 5. The van der Waals surface area contributed by atoms with Gasteiger partial charge in [-0.15, -0.1) is 0 Å². The molecule has 0 spiro atoms. The van der Waals surface area contributed by atoms with Gasteiger partial charge in [0.2, 0.25) is 0 Å². The quantitative estimate of drug-likeness (QED) is 0.308. The number of allylic oxidation sites excluding steroid dienone is 1. The van der Waals surface area contributed by atoms with Gasteiger partial charge in [-0.25, -0.2) is 13.2 Å². The molecule has 180 valence electrons. The van der Waals surface area contributed by atoms with Crippen LogP contribution < -0.4 is 5.32 Å². The summed E-state index contributed by atoms with van der Waals surface area (Å²) in [5.41, 5.74) is 10.8. The molecule has 0 unspecified atom stereocenters. The second kappa shape index (κ2) is 8.41. The van der Waals surface area contributed by atoms with Gasteiger partial charge in [0.1, 0.15) is 5.82 Å². The summed E-state index contributed by atoms with van der Waals surface area (Å²) in [5.74, 6) is -2.10. The molecule has 2 aliphatic carbocycles. The van der Waals surface area contributed by atoms with Crippen molar-refractivity contribution >= 4 is 17.5 Å². The van der Waals surface area contributed by atoms with Crippen LogP contribution in [-0.4, -0.2) is 0 Å². The molecule has 4 aromatic carbocycles. The number of hydrogen-bond acceptors (Lipinski definition) is 1. The topological polar surface area (TPSA) is 12.0 Å². The van der Waals surface area contributed by atoms with Crippen molar-refractivity contribution in [1.29, 1.82) is 0 Å². The van der Waals surface area contributed by atoms with Crippen molar-refractivity contribution < 1.29 is 13.2 Å². The molecular formula is C32H26F3N. The molecule has 0 saturated carbocycles. The highest BCUT2D eigenvalue weighted by Gasteiger charge is 2.26. The lowest BCUT2D eigenvalue weighted by atomic mass is 9.74. The summed E-state index contributed by atoms with van der Waals surface area (Å²) < 4.78 is 41.1. The van der Waals surface area contributed by atoms with Crippen molar-refractivity contribution in [1.82, 2.24) is 0 Å². The molecule has 6 rings (SSSR count). The molecule has 0 bridgehead atoms. The first kappa shape index (κ1) is 22.7. The Morgan fingerprint density at radius 3 is 2.31 bits per heavy atom. The van der Waals surface area contributed by atoms with E-state index in [4.69, 9.17) is 0 Å². The van der Waals surface area contributed by atoms with E-state index in [-0.39, 0.29) is 11.2 Å². The predicted octanol–water partition coefficient (Wildman–Crippen LogP) is 8.88. The summed E-state index contributed by atoms with van der Waals surface area (Å²) in [4.78, 5) is 0. The molecule has 0 saturated heterocycles. The highest BCUT2D eigenvalue weighted by atomic mass is 19.2. The van der Waals surface area contributed by atoms with Crippen LogP contribution in [0.3, 0.4) is 0 Å². The van der Waals surface area contributed by atoms with Crippen LogP contribution in [0, 0.1) is 22.9 Å².